The van der Waals surface area contributed by atoms with Gasteiger partial charge in [-0.3, -0.25) is 4.79 Å². The Hall–Kier alpha value is -1.00. The van der Waals surface area contributed by atoms with E-state index in [1.54, 1.807) is 12.3 Å². The first-order valence-electron chi connectivity index (χ1n) is 6.64. The maximum Gasteiger partial charge on any atom is 0.267 e. The van der Waals surface area contributed by atoms with Gasteiger partial charge in [-0.05, 0) is 31.2 Å². The lowest BCUT2D eigenvalue weighted by atomic mass is 9.88. The molecule has 0 aromatic carbocycles. The van der Waals surface area contributed by atoms with Gasteiger partial charge in [0, 0.05) is 25.9 Å². The lowest BCUT2D eigenvalue weighted by molar-refractivity contribution is 0.0923. The summed E-state index contributed by atoms with van der Waals surface area (Å²) in [5, 5.41) is 12.4. The first-order valence-corrected chi connectivity index (χ1v) is 7.02. The highest BCUT2D eigenvalue weighted by Gasteiger charge is 2.20. The van der Waals surface area contributed by atoms with Crippen molar-refractivity contribution >= 4 is 17.5 Å². The van der Waals surface area contributed by atoms with Crippen molar-refractivity contribution in [2.75, 3.05) is 13.2 Å². The van der Waals surface area contributed by atoms with E-state index in [9.17, 15) is 4.79 Å². The number of aromatic nitrogens is 1. The molecule has 1 heterocycles. The molecule has 0 saturated heterocycles. The normalized spacial score (nSPS) is 11.6. The highest BCUT2D eigenvalue weighted by molar-refractivity contribution is 6.31. The van der Waals surface area contributed by atoms with Crippen LogP contribution in [0.15, 0.2) is 12.3 Å². The number of aliphatic hydroxyl groups is 1. The molecule has 5 heteroatoms. The maximum atomic E-state index is 12.1. The van der Waals surface area contributed by atoms with E-state index in [4.69, 9.17) is 16.7 Å². The van der Waals surface area contributed by atoms with Crippen molar-refractivity contribution in [3.05, 3.63) is 23.0 Å². The zero-order chi connectivity index (χ0) is 14.5. The van der Waals surface area contributed by atoms with Crippen LogP contribution in [0.5, 0.6) is 0 Å². The van der Waals surface area contributed by atoms with Crippen molar-refractivity contribution in [2.24, 2.45) is 5.41 Å². The minimum atomic E-state index is -0.106. The summed E-state index contributed by atoms with van der Waals surface area (Å²) in [4.78, 5) is 12.1. The zero-order valence-corrected chi connectivity index (χ0v) is 12.6. The average molecular weight is 287 g/mol. The standard InChI is InChI=1S/C14H23ClN2O2/c1-4-17-9-11(15)8-12(17)13(19)16-10-14(2,3)6-5-7-18/h8-9,18H,4-7,10H2,1-3H3,(H,16,19). The number of hydrogen-bond donors (Lipinski definition) is 2. The Morgan fingerprint density at radius 2 is 2.21 bits per heavy atom. The van der Waals surface area contributed by atoms with E-state index in [2.05, 4.69) is 19.2 Å². The van der Waals surface area contributed by atoms with E-state index in [0.717, 1.165) is 12.8 Å². The van der Waals surface area contributed by atoms with E-state index >= 15 is 0 Å². The first-order chi connectivity index (χ1) is 8.89. The zero-order valence-electron chi connectivity index (χ0n) is 11.9. The molecule has 0 spiro atoms. The SMILES string of the molecule is CCn1cc(Cl)cc1C(=O)NCC(C)(C)CCCO. The second-order valence-electron chi connectivity index (χ2n) is 5.50. The van der Waals surface area contributed by atoms with Crippen molar-refractivity contribution in [1.29, 1.82) is 0 Å². The fourth-order valence-electron chi connectivity index (χ4n) is 1.98. The van der Waals surface area contributed by atoms with Gasteiger partial charge in [0.15, 0.2) is 0 Å². The number of rotatable bonds is 7. The molecule has 0 bridgehead atoms. The number of amides is 1. The van der Waals surface area contributed by atoms with Crippen LogP contribution in [0.4, 0.5) is 0 Å². The summed E-state index contributed by atoms with van der Waals surface area (Å²) in [7, 11) is 0. The van der Waals surface area contributed by atoms with Gasteiger partial charge in [-0.15, -0.1) is 0 Å². The van der Waals surface area contributed by atoms with E-state index in [-0.39, 0.29) is 17.9 Å². The summed E-state index contributed by atoms with van der Waals surface area (Å²) < 4.78 is 1.83. The number of carbonyl (C=O) groups excluding carboxylic acids is 1. The number of aryl methyl sites for hydroxylation is 1. The van der Waals surface area contributed by atoms with Gasteiger partial charge in [0.1, 0.15) is 5.69 Å². The molecule has 0 aliphatic heterocycles. The summed E-state index contributed by atoms with van der Waals surface area (Å²) in [5.74, 6) is -0.106. The molecule has 19 heavy (non-hydrogen) atoms. The van der Waals surface area contributed by atoms with Gasteiger partial charge in [-0.25, -0.2) is 0 Å². The Balaban J connectivity index is 2.60. The Morgan fingerprint density at radius 1 is 1.53 bits per heavy atom. The number of carbonyl (C=O) groups is 1. The molecule has 0 aliphatic carbocycles. The molecule has 2 N–H and O–H groups in total. The third-order valence-corrected chi connectivity index (χ3v) is 3.38. The van der Waals surface area contributed by atoms with Gasteiger partial charge in [-0.1, -0.05) is 25.4 Å². The molecule has 0 atom stereocenters. The Kier molecular flexibility index (Phi) is 5.88. The smallest absolute Gasteiger partial charge is 0.267 e. The predicted octanol–water partition coefficient (Wildman–Crippen LogP) is 2.69. The van der Waals surface area contributed by atoms with Gasteiger partial charge >= 0.3 is 0 Å². The molecule has 1 rings (SSSR count). The van der Waals surface area contributed by atoms with Gasteiger partial charge < -0.3 is 15.0 Å². The predicted molar refractivity (Wildman–Crippen MR) is 77.6 cm³/mol. The van der Waals surface area contributed by atoms with Crippen LogP contribution in [0, 0.1) is 5.41 Å². The lowest BCUT2D eigenvalue weighted by Gasteiger charge is -2.24. The highest BCUT2D eigenvalue weighted by Crippen LogP contribution is 2.21. The van der Waals surface area contributed by atoms with E-state index in [0.29, 0.717) is 23.8 Å². The summed E-state index contributed by atoms with van der Waals surface area (Å²) in [6, 6.07) is 1.68. The third-order valence-electron chi connectivity index (χ3n) is 3.18. The van der Waals surface area contributed by atoms with E-state index in [1.165, 1.54) is 0 Å². The van der Waals surface area contributed by atoms with Gasteiger partial charge in [0.05, 0.1) is 5.02 Å². The summed E-state index contributed by atoms with van der Waals surface area (Å²) >= 11 is 5.92. The molecule has 1 aromatic heterocycles. The molecular weight excluding hydrogens is 264 g/mol. The molecule has 0 unspecified atom stereocenters. The number of aliphatic hydroxyl groups excluding tert-OH is 1. The van der Waals surface area contributed by atoms with Crippen molar-refractivity contribution in [2.45, 2.75) is 40.2 Å². The molecule has 108 valence electrons. The number of hydrogen-bond acceptors (Lipinski definition) is 2. The number of halogens is 1. The summed E-state index contributed by atoms with van der Waals surface area (Å²) in [5.41, 5.74) is 0.566. The van der Waals surface area contributed by atoms with Crippen LogP contribution in [0.1, 0.15) is 44.1 Å². The summed E-state index contributed by atoms with van der Waals surface area (Å²) in [6.45, 7) is 7.61. The molecule has 1 amide bonds. The average Bonchev–Trinajstić information content (AvgIpc) is 2.75. The molecule has 4 nitrogen and oxygen atoms in total. The van der Waals surface area contributed by atoms with Crippen LogP contribution >= 0.6 is 11.6 Å². The minimum Gasteiger partial charge on any atom is -0.396 e. The van der Waals surface area contributed by atoms with E-state index in [1.807, 2.05) is 11.5 Å². The van der Waals surface area contributed by atoms with Crippen LogP contribution in [0.2, 0.25) is 5.02 Å². The van der Waals surface area contributed by atoms with Crippen molar-refractivity contribution < 1.29 is 9.90 Å². The number of nitrogens with one attached hydrogen (secondary N) is 1. The lowest BCUT2D eigenvalue weighted by Crippen LogP contribution is -2.35. The largest absolute Gasteiger partial charge is 0.396 e. The quantitative estimate of drug-likeness (QED) is 0.810. The van der Waals surface area contributed by atoms with Crippen molar-refractivity contribution in [1.82, 2.24) is 9.88 Å². The third kappa shape index (κ3) is 4.88. The van der Waals surface area contributed by atoms with Gasteiger partial charge in [0.25, 0.3) is 5.91 Å². The monoisotopic (exact) mass is 286 g/mol. The highest BCUT2D eigenvalue weighted by atomic mass is 35.5. The summed E-state index contributed by atoms with van der Waals surface area (Å²) in [6.07, 6.45) is 3.38. The molecule has 0 aliphatic rings. The van der Waals surface area contributed by atoms with Crippen molar-refractivity contribution in [3.8, 4) is 0 Å². The molecule has 0 fully saturated rings. The fraction of sp³-hybridized carbons (Fsp3) is 0.643. The molecule has 0 saturated carbocycles. The first kappa shape index (κ1) is 16.1. The van der Waals surface area contributed by atoms with Gasteiger partial charge in [-0.2, -0.15) is 0 Å². The molecule has 1 aromatic rings. The molecule has 0 radical (unpaired) electrons. The molecular formula is C14H23ClN2O2. The second kappa shape index (κ2) is 6.96. The van der Waals surface area contributed by atoms with Gasteiger partial charge in [0.2, 0.25) is 0 Å². The number of nitrogens with zero attached hydrogens (tertiary/aromatic N) is 1. The second-order valence-corrected chi connectivity index (χ2v) is 5.94. The van der Waals surface area contributed by atoms with E-state index < -0.39 is 0 Å². The Morgan fingerprint density at radius 3 is 2.79 bits per heavy atom. The van der Waals surface area contributed by atoms with Crippen LogP contribution in [0.25, 0.3) is 0 Å². The topological polar surface area (TPSA) is 54.3 Å². The van der Waals surface area contributed by atoms with Crippen LogP contribution in [0.3, 0.4) is 0 Å². The Bertz CT molecular complexity index is 427. The van der Waals surface area contributed by atoms with Crippen LogP contribution < -0.4 is 5.32 Å². The van der Waals surface area contributed by atoms with Crippen molar-refractivity contribution in [3.63, 3.8) is 0 Å². The van der Waals surface area contributed by atoms with Crippen LogP contribution in [-0.2, 0) is 6.54 Å². The Labute approximate surface area is 119 Å². The van der Waals surface area contributed by atoms with Crippen LogP contribution in [-0.4, -0.2) is 28.7 Å². The minimum absolute atomic E-state index is 0.0220. The fourth-order valence-corrected chi connectivity index (χ4v) is 2.20. The maximum absolute atomic E-state index is 12.1.